The zero-order valence-electron chi connectivity index (χ0n) is 11.5. The van der Waals surface area contributed by atoms with Crippen molar-refractivity contribution in [1.29, 1.82) is 0 Å². The maximum absolute atomic E-state index is 12.0. The smallest absolute Gasteiger partial charge is 0.247 e. The van der Waals surface area contributed by atoms with Crippen molar-refractivity contribution in [1.82, 2.24) is 15.1 Å². The van der Waals surface area contributed by atoms with Crippen molar-refractivity contribution in [2.45, 2.75) is 51.2 Å². The summed E-state index contributed by atoms with van der Waals surface area (Å²) < 4.78 is 0. The lowest BCUT2D eigenvalue weighted by atomic mass is 10.2. The summed E-state index contributed by atoms with van der Waals surface area (Å²) >= 11 is 0. The van der Waals surface area contributed by atoms with E-state index in [2.05, 4.69) is 31.1 Å². The second kappa shape index (κ2) is 5.36. The van der Waals surface area contributed by atoms with Gasteiger partial charge in [-0.2, -0.15) is 0 Å². The van der Waals surface area contributed by atoms with Crippen molar-refractivity contribution >= 4 is 11.8 Å². The highest BCUT2D eigenvalue weighted by molar-refractivity contribution is 6.06. The van der Waals surface area contributed by atoms with Gasteiger partial charge in [0.15, 0.2) is 0 Å². The number of nitrogens with zero attached hydrogens (tertiary/aromatic N) is 2. The minimum atomic E-state index is -0.293. The molecule has 2 rings (SSSR count). The third-order valence-electron chi connectivity index (χ3n) is 3.83. The second-order valence-electron chi connectivity index (χ2n) is 5.62. The Labute approximate surface area is 108 Å². The summed E-state index contributed by atoms with van der Waals surface area (Å²) in [5, 5.41) is 3.21. The van der Waals surface area contributed by atoms with Crippen molar-refractivity contribution in [3.05, 3.63) is 0 Å². The van der Waals surface area contributed by atoms with Gasteiger partial charge in [0, 0.05) is 25.2 Å². The predicted molar refractivity (Wildman–Crippen MR) is 69.0 cm³/mol. The topological polar surface area (TPSA) is 52.7 Å². The molecular formula is C13H23N3O2. The van der Waals surface area contributed by atoms with Crippen LogP contribution in [0.3, 0.4) is 0 Å². The van der Waals surface area contributed by atoms with E-state index in [4.69, 9.17) is 0 Å². The number of carbonyl (C=O) groups is 2. The van der Waals surface area contributed by atoms with Gasteiger partial charge in [-0.15, -0.1) is 0 Å². The maximum Gasteiger partial charge on any atom is 0.247 e. The molecule has 1 aliphatic carbocycles. The Morgan fingerprint density at radius 2 is 2.06 bits per heavy atom. The first-order valence-corrected chi connectivity index (χ1v) is 6.80. The van der Waals surface area contributed by atoms with Crippen molar-refractivity contribution in [3.8, 4) is 0 Å². The van der Waals surface area contributed by atoms with Gasteiger partial charge in [-0.1, -0.05) is 0 Å². The summed E-state index contributed by atoms with van der Waals surface area (Å²) in [4.78, 5) is 27.5. The van der Waals surface area contributed by atoms with E-state index in [-0.39, 0.29) is 23.9 Å². The molecule has 0 spiro atoms. The molecule has 2 fully saturated rings. The van der Waals surface area contributed by atoms with Crippen LogP contribution < -0.4 is 5.32 Å². The van der Waals surface area contributed by atoms with E-state index < -0.39 is 0 Å². The number of carbonyl (C=O) groups excluding carboxylic acids is 2. The van der Waals surface area contributed by atoms with Gasteiger partial charge in [-0.3, -0.25) is 14.5 Å². The third kappa shape index (κ3) is 2.90. The zero-order valence-corrected chi connectivity index (χ0v) is 11.5. The van der Waals surface area contributed by atoms with Gasteiger partial charge in [-0.05, 0) is 33.7 Å². The Bertz CT molecular complexity index is 339. The molecule has 0 aromatic carbocycles. The molecule has 0 radical (unpaired) electrons. The van der Waals surface area contributed by atoms with Crippen LogP contribution in [0.4, 0.5) is 0 Å². The van der Waals surface area contributed by atoms with E-state index in [1.165, 1.54) is 4.90 Å². The van der Waals surface area contributed by atoms with Crippen LogP contribution in [0.15, 0.2) is 0 Å². The molecule has 1 saturated carbocycles. The molecule has 1 saturated heterocycles. The molecule has 5 nitrogen and oxygen atoms in total. The molecule has 5 heteroatoms. The fraction of sp³-hybridized carbons (Fsp3) is 0.846. The van der Waals surface area contributed by atoms with Gasteiger partial charge in [-0.25, -0.2) is 0 Å². The molecule has 2 aliphatic rings. The molecule has 2 amide bonds. The summed E-state index contributed by atoms with van der Waals surface area (Å²) in [7, 11) is 2.06. The summed E-state index contributed by atoms with van der Waals surface area (Å²) in [5.74, 6) is -0.0214. The number of imide groups is 1. The summed E-state index contributed by atoms with van der Waals surface area (Å²) in [6.45, 7) is 5.91. The maximum atomic E-state index is 12.0. The normalized spacial score (nSPS) is 24.7. The monoisotopic (exact) mass is 253 g/mol. The Kier molecular flexibility index (Phi) is 4.02. The van der Waals surface area contributed by atoms with Crippen LogP contribution >= 0.6 is 0 Å². The lowest BCUT2D eigenvalue weighted by Crippen LogP contribution is -2.43. The number of likely N-dealkylation sites (tertiary alicyclic amines) is 1. The van der Waals surface area contributed by atoms with E-state index in [0.29, 0.717) is 12.5 Å². The van der Waals surface area contributed by atoms with Gasteiger partial charge in [0.05, 0.1) is 12.5 Å². The highest BCUT2D eigenvalue weighted by atomic mass is 16.2. The number of hydrogen-bond acceptors (Lipinski definition) is 4. The minimum Gasteiger partial charge on any atom is -0.304 e. The quantitative estimate of drug-likeness (QED) is 0.687. The standard InChI is InChI=1S/C13H23N3O2/c1-9(2)15(3)7-6-14-11-8-12(17)16(13(11)18)10-4-5-10/h9-11,14H,4-8H2,1-3H3. The van der Waals surface area contributed by atoms with E-state index in [1.54, 1.807) is 0 Å². The Morgan fingerprint density at radius 1 is 1.39 bits per heavy atom. The fourth-order valence-corrected chi connectivity index (χ4v) is 2.20. The number of likely N-dealkylation sites (N-methyl/N-ethyl adjacent to an activating group) is 1. The Balaban J connectivity index is 1.77. The van der Waals surface area contributed by atoms with Crippen molar-refractivity contribution < 1.29 is 9.59 Å². The average molecular weight is 253 g/mol. The fourth-order valence-electron chi connectivity index (χ4n) is 2.20. The highest BCUT2D eigenvalue weighted by Crippen LogP contribution is 2.31. The Morgan fingerprint density at radius 3 is 2.61 bits per heavy atom. The lowest BCUT2D eigenvalue weighted by Gasteiger charge is -2.22. The van der Waals surface area contributed by atoms with E-state index in [1.807, 2.05) is 0 Å². The van der Waals surface area contributed by atoms with Gasteiger partial charge in [0.1, 0.15) is 0 Å². The van der Waals surface area contributed by atoms with Crippen LogP contribution in [0.5, 0.6) is 0 Å². The molecule has 102 valence electrons. The summed E-state index contributed by atoms with van der Waals surface area (Å²) in [5.41, 5.74) is 0. The minimum absolute atomic E-state index is 0.00258. The van der Waals surface area contributed by atoms with Crippen LogP contribution in [0, 0.1) is 0 Å². The van der Waals surface area contributed by atoms with Gasteiger partial charge in [0.25, 0.3) is 0 Å². The average Bonchev–Trinajstić information content (AvgIpc) is 3.07. The van der Waals surface area contributed by atoms with Crippen molar-refractivity contribution in [2.24, 2.45) is 0 Å². The van der Waals surface area contributed by atoms with Crippen molar-refractivity contribution in [2.75, 3.05) is 20.1 Å². The molecule has 18 heavy (non-hydrogen) atoms. The SMILES string of the molecule is CC(C)N(C)CCNC1CC(=O)N(C2CC2)C1=O. The first-order valence-electron chi connectivity index (χ1n) is 6.80. The molecule has 1 heterocycles. The molecule has 1 atom stereocenters. The number of amides is 2. The van der Waals surface area contributed by atoms with Gasteiger partial charge in [0.2, 0.25) is 11.8 Å². The Hall–Kier alpha value is -0.940. The summed E-state index contributed by atoms with van der Waals surface area (Å²) in [6.07, 6.45) is 2.31. The van der Waals surface area contributed by atoms with Crippen LogP contribution in [0.2, 0.25) is 0 Å². The largest absolute Gasteiger partial charge is 0.304 e. The first kappa shape index (κ1) is 13.5. The lowest BCUT2D eigenvalue weighted by molar-refractivity contribution is -0.139. The summed E-state index contributed by atoms with van der Waals surface area (Å²) in [6, 6.07) is 0.407. The van der Waals surface area contributed by atoms with Crippen LogP contribution in [-0.2, 0) is 9.59 Å². The molecular weight excluding hydrogens is 230 g/mol. The second-order valence-corrected chi connectivity index (χ2v) is 5.62. The number of hydrogen-bond donors (Lipinski definition) is 1. The molecule has 0 aromatic heterocycles. The van der Waals surface area contributed by atoms with E-state index >= 15 is 0 Å². The first-order chi connectivity index (χ1) is 8.50. The van der Waals surface area contributed by atoms with Crippen LogP contribution in [0.25, 0.3) is 0 Å². The zero-order chi connectivity index (χ0) is 13.3. The number of rotatable bonds is 6. The predicted octanol–water partition coefficient (Wildman–Crippen LogP) is 0.206. The molecule has 1 unspecified atom stereocenters. The van der Waals surface area contributed by atoms with Crippen molar-refractivity contribution in [3.63, 3.8) is 0 Å². The van der Waals surface area contributed by atoms with Crippen LogP contribution in [-0.4, -0.2) is 59.9 Å². The van der Waals surface area contributed by atoms with Gasteiger partial charge >= 0.3 is 0 Å². The highest BCUT2D eigenvalue weighted by Gasteiger charge is 2.45. The van der Waals surface area contributed by atoms with Gasteiger partial charge < -0.3 is 10.2 Å². The number of nitrogens with one attached hydrogen (secondary N) is 1. The molecule has 0 bridgehead atoms. The molecule has 1 aliphatic heterocycles. The van der Waals surface area contributed by atoms with E-state index in [9.17, 15) is 9.59 Å². The molecule has 1 N–H and O–H groups in total. The van der Waals surface area contributed by atoms with E-state index in [0.717, 1.165) is 25.9 Å². The molecule has 0 aromatic rings. The van der Waals surface area contributed by atoms with Crippen LogP contribution in [0.1, 0.15) is 33.1 Å². The third-order valence-corrected chi connectivity index (χ3v) is 3.83.